The Morgan fingerprint density at radius 3 is 2.72 bits per heavy atom. The highest BCUT2D eigenvalue weighted by molar-refractivity contribution is 6.31. The molecule has 2 heteroatoms. The molecule has 1 aromatic carbocycles. The molecule has 130 valence electrons. The molecule has 0 saturated heterocycles. The Labute approximate surface area is 156 Å². The second-order valence-electron chi connectivity index (χ2n) is 7.67. The molecular formula is C23H26ClN. The van der Waals surface area contributed by atoms with Gasteiger partial charge in [0.1, 0.15) is 0 Å². The summed E-state index contributed by atoms with van der Waals surface area (Å²) in [4.78, 5) is 4.83. The van der Waals surface area contributed by atoms with Crippen LogP contribution in [-0.4, -0.2) is 4.98 Å². The smallest absolute Gasteiger partial charge is 0.0553 e. The standard InChI is InChI=1S/C23H26ClN/c1-4-17-6-5-7-18-22(17)19(21-14(2)10-11-25-23(18)21)13-16-8-9-20(24)15(3)12-16/h8-12,17-18H,4-7,13H2,1-3H3. The van der Waals surface area contributed by atoms with Gasteiger partial charge in [0.15, 0.2) is 0 Å². The van der Waals surface area contributed by atoms with Crippen LogP contribution in [0.5, 0.6) is 0 Å². The van der Waals surface area contributed by atoms with Crippen molar-refractivity contribution in [3.8, 4) is 0 Å². The molecule has 1 heterocycles. The van der Waals surface area contributed by atoms with E-state index in [2.05, 4.69) is 39.0 Å². The Morgan fingerprint density at radius 1 is 1.12 bits per heavy atom. The maximum Gasteiger partial charge on any atom is 0.0553 e. The SMILES string of the molecule is CCC1CCCC2C1=C(Cc1ccc(Cl)c(C)c1)c1c(C)ccnc12. The molecule has 4 rings (SSSR count). The van der Waals surface area contributed by atoms with Gasteiger partial charge in [-0.25, -0.2) is 0 Å². The molecule has 1 fully saturated rings. The molecule has 1 aromatic heterocycles. The van der Waals surface area contributed by atoms with Crippen LogP contribution in [0.2, 0.25) is 5.02 Å². The van der Waals surface area contributed by atoms with Gasteiger partial charge in [0.05, 0.1) is 5.69 Å². The average molecular weight is 352 g/mol. The zero-order valence-electron chi connectivity index (χ0n) is 15.4. The average Bonchev–Trinajstić information content (AvgIpc) is 2.94. The lowest BCUT2D eigenvalue weighted by atomic mass is 9.75. The summed E-state index contributed by atoms with van der Waals surface area (Å²) in [7, 11) is 0. The zero-order valence-corrected chi connectivity index (χ0v) is 16.2. The minimum absolute atomic E-state index is 0.553. The van der Waals surface area contributed by atoms with Crippen LogP contribution in [0, 0.1) is 19.8 Å². The van der Waals surface area contributed by atoms with Crippen LogP contribution in [0.3, 0.4) is 0 Å². The molecule has 2 aliphatic carbocycles. The van der Waals surface area contributed by atoms with Crippen LogP contribution in [0.1, 0.15) is 66.5 Å². The third-order valence-corrected chi connectivity index (χ3v) is 6.55. The van der Waals surface area contributed by atoms with E-state index in [1.807, 2.05) is 12.3 Å². The fourth-order valence-electron chi connectivity index (χ4n) is 4.92. The highest BCUT2D eigenvalue weighted by Gasteiger charge is 2.38. The second-order valence-corrected chi connectivity index (χ2v) is 8.08. The molecule has 2 unspecified atom stereocenters. The Kier molecular flexibility index (Phi) is 4.45. The number of fused-ring (bicyclic) bond motifs is 3. The van der Waals surface area contributed by atoms with Crippen molar-refractivity contribution in [3.05, 3.63) is 69.0 Å². The number of hydrogen-bond donors (Lipinski definition) is 0. The fourth-order valence-corrected chi connectivity index (χ4v) is 5.04. The largest absolute Gasteiger partial charge is 0.260 e. The topological polar surface area (TPSA) is 12.9 Å². The second kappa shape index (κ2) is 6.61. The summed E-state index contributed by atoms with van der Waals surface area (Å²) >= 11 is 6.24. The van der Waals surface area contributed by atoms with Crippen molar-refractivity contribution in [3.63, 3.8) is 0 Å². The van der Waals surface area contributed by atoms with Crippen LogP contribution < -0.4 is 0 Å². The summed E-state index contributed by atoms with van der Waals surface area (Å²) in [5, 5.41) is 0.855. The Balaban J connectivity index is 1.85. The van der Waals surface area contributed by atoms with Crippen molar-refractivity contribution in [2.45, 2.75) is 58.8 Å². The molecule has 25 heavy (non-hydrogen) atoms. The first-order valence-corrected chi connectivity index (χ1v) is 9.91. The molecule has 0 bridgehead atoms. The molecule has 0 N–H and O–H groups in total. The van der Waals surface area contributed by atoms with Gasteiger partial charge in [-0.15, -0.1) is 0 Å². The lowest BCUT2D eigenvalue weighted by Gasteiger charge is -2.30. The number of benzene rings is 1. The number of nitrogens with zero attached hydrogens (tertiary/aromatic N) is 1. The Hall–Kier alpha value is -1.60. The number of pyridine rings is 1. The van der Waals surface area contributed by atoms with E-state index in [1.54, 1.807) is 11.1 Å². The van der Waals surface area contributed by atoms with E-state index in [9.17, 15) is 0 Å². The van der Waals surface area contributed by atoms with Crippen LogP contribution in [-0.2, 0) is 6.42 Å². The summed E-state index contributed by atoms with van der Waals surface area (Å²) < 4.78 is 0. The van der Waals surface area contributed by atoms with Gasteiger partial charge in [-0.05, 0) is 79.8 Å². The van der Waals surface area contributed by atoms with Gasteiger partial charge in [0.2, 0.25) is 0 Å². The molecular weight excluding hydrogens is 326 g/mol. The summed E-state index contributed by atoms with van der Waals surface area (Å²) in [6.45, 7) is 6.68. The van der Waals surface area contributed by atoms with E-state index in [-0.39, 0.29) is 0 Å². The van der Waals surface area contributed by atoms with Crippen molar-refractivity contribution in [1.29, 1.82) is 0 Å². The van der Waals surface area contributed by atoms with Gasteiger partial charge in [0, 0.05) is 22.7 Å². The van der Waals surface area contributed by atoms with E-state index in [4.69, 9.17) is 16.6 Å². The van der Waals surface area contributed by atoms with E-state index in [0.29, 0.717) is 5.92 Å². The van der Waals surface area contributed by atoms with E-state index < -0.39 is 0 Å². The number of aryl methyl sites for hydroxylation is 2. The molecule has 2 aliphatic rings. The van der Waals surface area contributed by atoms with Gasteiger partial charge in [-0.1, -0.05) is 42.7 Å². The van der Waals surface area contributed by atoms with Crippen LogP contribution in [0.4, 0.5) is 0 Å². The number of halogens is 1. The number of hydrogen-bond acceptors (Lipinski definition) is 1. The minimum Gasteiger partial charge on any atom is -0.260 e. The third kappa shape index (κ3) is 2.83. The van der Waals surface area contributed by atoms with Crippen LogP contribution in [0.25, 0.3) is 5.57 Å². The van der Waals surface area contributed by atoms with Gasteiger partial charge in [0.25, 0.3) is 0 Å². The van der Waals surface area contributed by atoms with Crippen molar-refractivity contribution in [2.24, 2.45) is 5.92 Å². The van der Waals surface area contributed by atoms with Gasteiger partial charge < -0.3 is 0 Å². The van der Waals surface area contributed by atoms with E-state index in [1.165, 1.54) is 48.1 Å². The molecule has 0 aliphatic heterocycles. The highest BCUT2D eigenvalue weighted by atomic mass is 35.5. The lowest BCUT2D eigenvalue weighted by molar-refractivity contribution is 0.414. The Bertz CT molecular complexity index is 849. The Morgan fingerprint density at radius 2 is 1.96 bits per heavy atom. The molecule has 0 radical (unpaired) electrons. The zero-order chi connectivity index (χ0) is 17.6. The summed E-state index contributed by atoms with van der Waals surface area (Å²) in [5.41, 5.74) is 9.93. The first-order chi connectivity index (χ1) is 12.1. The summed E-state index contributed by atoms with van der Waals surface area (Å²) in [5.74, 6) is 1.27. The molecule has 1 nitrogen and oxygen atoms in total. The first kappa shape index (κ1) is 16.8. The quantitative estimate of drug-likeness (QED) is 0.602. The molecule has 2 aromatic rings. The third-order valence-electron chi connectivity index (χ3n) is 6.13. The van der Waals surface area contributed by atoms with Gasteiger partial charge in [-0.3, -0.25) is 4.98 Å². The summed E-state index contributed by atoms with van der Waals surface area (Å²) in [6, 6.07) is 8.65. The molecule has 1 saturated carbocycles. The van der Waals surface area contributed by atoms with Gasteiger partial charge >= 0.3 is 0 Å². The minimum atomic E-state index is 0.553. The van der Waals surface area contributed by atoms with Crippen molar-refractivity contribution >= 4 is 17.2 Å². The predicted octanol–water partition coefficient (Wildman–Crippen LogP) is 6.66. The van der Waals surface area contributed by atoms with Crippen LogP contribution in [0.15, 0.2) is 36.0 Å². The number of rotatable bonds is 3. The van der Waals surface area contributed by atoms with Crippen molar-refractivity contribution in [1.82, 2.24) is 4.98 Å². The lowest BCUT2D eigenvalue weighted by Crippen LogP contribution is -2.16. The van der Waals surface area contributed by atoms with E-state index in [0.717, 1.165) is 22.9 Å². The van der Waals surface area contributed by atoms with Crippen LogP contribution >= 0.6 is 11.6 Å². The van der Waals surface area contributed by atoms with E-state index >= 15 is 0 Å². The maximum absolute atomic E-state index is 6.24. The summed E-state index contributed by atoms with van der Waals surface area (Å²) in [6.07, 6.45) is 8.16. The molecule has 2 atom stereocenters. The normalized spacial score (nSPS) is 22.1. The fraction of sp³-hybridized carbons (Fsp3) is 0.435. The monoisotopic (exact) mass is 351 g/mol. The number of aromatic nitrogens is 1. The predicted molar refractivity (Wildman–Crippen MR) is 106 cm³/mol. The van der Waals surface area contributed by atoms with Gasteiger partial charge in [-0.2, -0.15) is 0 Å². The van der Waals surface area contributed by atoms with Crippen molar-refractivity contribution < 1.29 is 0 Å². The maximum atomic E-state index is 6.24. The number of allylic oxidation sites excluding steroid dienone is 2. The highest BCUT2D eigenvalue weighted by Crippen LogP contribution is 2.53. The van der Waals surface area contributed by atoms with Crippen molar-refractivity contribution in [2.75, 3.05) is 0 Å². The molecule has 0 spiro atoms. The molecule has 0 amide bonds. The first-order valence-electron chi connectivity index (χ1n) is 9.54.